The molecular formula is C19H15F6NO3. The van der Waals surface area contributed by atoms with Gasteiger partial charge in [0.05, 0.1) is 0 Å². The third kappa shape index (κ3) is 3.84. The van der Waals surface area contributed by atoms with Gasteiger partial charge in [0.1, 0.15) is 6.29 Å². The number of benzene rings is 2. The summed E-state index contributed by atoms with van der Waals surface area (Å²) in [6.07, 6.45) is -11.3. The second-order valence-electron chi connectivity index (χ2n) is 6.22. The molecule has 0 heterocycles. The minimum absolute atomic E-state index is 0.0257. The van der Waals surface area contributed by atoms with Crippen molar-refractivity contribution in [3.05, 3.63) is 58.7 Å². The van der Waals surface area contributed by atoms with E-state index in [1.54, 1.807) is 6.92 Å². The molecule has 0 aromatic heterocycles. The summed E-state index contributed by atoms with van der Waals surface area (Å²) < 4.78 is 78.8. The molecule has 10 heteroatoms. The lowest BCUT2D eigenvalue weighted by atomic mass is 9.86. The van der Waals surface area contributed by atoms with Crippen LogP contribution < -0.4 is 5.73 Å². The molecule has 29 heavy (non-hydrogen) atoms. The number of carbonyl (C=O) groups is 2. The van der Waals surface area contributed by atoms with E-state index in [4.69, 9.17) is 5.73 Å². The predicted molar refractivity (Wildman–Crippen MR) is 91.2 cm³/mol. The predicted octanol–water partition coefficient (Wildman–Crippen LogP) is 4.14. The van der Waals surface area contributed by atoms with Crippen molar-refractivity contribution in [3.8, 4) is 11.1 Å². The van der Waals surface area contributed by atoms with Gasteiger partial charge >= 0.3 is 12.4 Å². The summed E-state index contributed by atoms with van der Waals surface area (Å²) in [7, 11) is 0. The van der Waals surface area contributed by atoms with E-state index in [1.165, 1.54) is 18.2 Å². The van der Waals surface area contributed by atoms with Crippen LogP contribution in [0.25, 0.3) is 11.1 Å². The summed E-state index contributed by atoms with van der Waals surface area (Å²) in [5.41, 5.74) is -1.12. The monoisotopic (exact) mass is 419 g/mol. The highest BCUT2D eigenvalue weighted by Crippen LogP contribution is 2.50. The fourth-order valence-corrected chi connectivity index (χ4v) is 2.94. The van der Waals surface area contributed by atoms with E-state index in [-0.39, 0.29) is 11.6 Å². The second kappa shape index (κ2) is 7.51. The van der Waals surface area contributed by atoms with Gasteiger partial charge < -0.3 is 10.8 Å². The molecule has 2 aromatic carbocycles. The van der Waals surface area contributed by atoms with Crippen LogP contribution in [0.1, 0.15) is 38.8 Å². The van der Waals surface area contributed by atoms with Crippen molar-refractivity contribution in [1.29, 1.82) is 0 Å². The first kappa shape index (κ1) is 22.4. The lowest BCUT2D eigenvalue weighted by molar-refractivity contribution is -0.376. The number of hydrogen-bond acceptors (Lipinski definition) is 3. The van der Waals surface area contributed by atoms with Gasteiger partial charge in [-0.05, 0) is 35.2 Å². The molecule has 2 aromatic rings. The highest BCUT2D eigenvalue weighted by molar-refractivity contribution is 6.00. The van der Waals surface area contributed by atoms with Crippen LogP contribution in [0.4, 0.5) is 26.3 Å². The van der Waals surface area contributed by atoms with E-state index >= 15 is 0 Å². The maximum atomic E-state index is 13.1. The van der Waals surface area contributed by atoms with Crippen molar-refractivity contribution < 1.29 is 41.0 Å². The number of alkyl halides is 6. The SMILES string of the molecule is CCc1cc(C=O)ccc1-c1ccc(C(O)(C(F)(F)F)C(F)(F)F)cc1C(N)=O. The number of primary amides is 1. The Morgan fingerprint density at radius 3 is 2.00 bits per heavy atom. The topological polar surface area (TPSA) is 80.4 Å². The van der Waals surface area contributed by atoms with Gasteiger partial charge in [-0.15, -0.1) is 0 Å². The van der Waals surface area contributed by atoms with Gasteiger partial charge in [-0.2, -0.15) is 26.3 Å². The lowest BCUT2D eigenvalue weighted by Crippen LogP contribution is -2.54. The smallest absolute Gasteiger partial charge is 0.369 e. The van der Waals surface area contributed by atoms with Crippen LogP contribution in [0.3, 0.4) is 0 Å². The number of halogens is 6. The highest BCUT2D eigenvalue weighted by Gasteiger charge is 2.71. The largest absolute Gasteiger partial charge is 0.430 e. The molecule has 0 bridgehead atoms. The molecule has 0 saturated carbocycles. The van der Waals surface area contributed by atoms with Gasteiger partial charge in [-0.3, -0.25) is 9.59 Å². The van der Waals surface area contributed by atoms with Crippen LogP contribution >= 0.6 is 0 Å². The van der Waals surface area contributed by atoms with Gasteiger partial charge in [-0.1, -0.05) is 31.2 Å². The molecule has 0 aliphatic carbocycles. The van der Waals surface area contributed by atoms with Crippen LogP contribution in [-0.2, 0) is 12.0 Å². The van der Waals surface area contributed by atoms with E-state index in [0.29, 0.717) is 35.5 Å². The number of carbonyl (C=O) groups excluding carboxylic acids is 2. The van der Waals surface area contributed by atoms with E-state index in [0.717, 1.165) is 6.07 Å². The zero-order valence-electron chi connectivity index (χ0n) is 14.9. The molecule has 0 unspecified atom stereocenters. The first-order valence-electron chi connectivity index (χ1n) is 8.16. The first-order chi connectivity index (χ1) is 13.3. The third-order valence-electron chi connectivity index (χ3n) is 4.46. The number of aldehydes is 1. The molecule has 1 amide bonds. The summed E-state index contributed by atoms with van der Waals surface area (Å²) >= 11 is 0. The number of amides is 1. The van der Waals surface area contributed by atoms with Crippen LogP contribution in [0.5, 0.6) is 0 Å². The lowest BCUT2D eigenvalue weighted by Gasteiger charge is -2.33. The van der Waals surface area contributed by atoms with Gasteiger partial charge in [0.15, 0.2) is 0 Å². The van der Waals surface area contributed by atoms with Gasteiger partial charge in [0.25, 0.3) is 5.60 Å². The standard InChI is InChI=1S/C19H15F6NO3/c1-2-11-7-10(9-27)3-5-13(11)14-6-4-12(8-15(14)16(26)28)17(29,18(20,21)22)19(23,24)25/h3-9,29H,2H2,1H3,(H2,26,28). The third-order valence-corrected chi connectivity index (χ3v) is 4.46. The molecule has 0 saturated heterocycles. The zero-order valence-corrected chi connectivity index (χ0v) is 14.9. The molecule has 0 fully saturated rings. The Morgan fingerprint density at radius 2 is 1.55 bits per heavy atom. The summed E-state index contributed by atoms with van der Waals surface area (Å²) in [6, 6.07) is 5.84. The normalized spacial score (nSPS) is 12.7. The van der Waals surface area contributed by atoms with E-state index < -0.39 is 35.0 Å². The average Bonchev–Trinajstić information content (AvgIpc) is 2.64. The Bertz CT molecular complexity index is 936. The Kier molecular flexibility index (Phi) is 5.80. The van der Waals surface area contributed by atoms with Crippen molar-refractivity contribution in [2.24, 2.45) is 5.73 Å². The average molecular weight is 419 g/mol. The number of aryl methyl sites for hydroxylation is 1. The van der Waals surface area contributed by atoms with Crippen LogP contribution in [-0.4, -0.2) is 29.7 Å². The number of rotatable bonds is 5. The quantitative estimate of drug-likeness (QED) is 0.565. The number of hydrogen-bond donors (Lipinski definition) is 2. The molecule has 0 spiro atoms. The molecule has 0 aliphatic rings. The molecule has 4 nitrogen and oxygen atoms in total. The summed E-state index contributed by atoms with van der Waals surface area (Å²) in [4.78, 5) is 22.7. The highest BCUT2D eigenvalue weighted by atomic mass is 19.4. The van der Waals surface area contributed by atoms with Gasteiger partial charge in [0, 0.05) is 16.7 Å². The fourth-order valence-electron chi connectivity index (χ4n) is 2.94. The summed E-state index contributed by atoms with van der Waals surface area (Å²) in [5.74, 6) is -1.28. The fraction of sp³-hybridized carbons (Fsp3) is 0.263. The molecule has 0 radical (unpaired) electrons. The maximum Gasteiger partial charge on any atom is 0.430 e. The minimum Gasteiger partial charge on any atom is -0.369 e. The molecule has 0 atom stereocenters. The van der Waals surface area contributed by atoms with E-state index in [2.05, 4.69) is 0 Å². The zero-order chi connectivity index (χ0) is 22.2. The Balaban J connectivity index is 2.79. The van der Waals surface area contributed by atoms with Crippen molar-refractivity contribution in [1.82, 2.24) is 0 Å². The van der Waals surface area contributed by atoms with E-state index in [9.17, 15) is 41.0 Å². The maximum absolute atomic E-state index is 13.1. The van der Waals surface area contributed by atoms with Crippen molar-refractivity contribution in [2.45, 2.75) is 31.3 Å². The van der Waals surface area contributed by atoms with Crippen LogP contribution in [0.2, 0.25) is 0 Å². The summed E-state index contributed by atoms with van der Waals surface area (Å²) in [6.45, 7) is 1.71. The number of aliphatic hydroxyl groups is 1. The van der Waals surface area contributed by atoms with Crippen molar-refractivity contribution in [3.63, 3.8) is 0 Å². The molecule has 156 valence electrons. The minimum atomic E-state index is -6.10. The Morgan fingerprint density at radius 1 is 1.00 bits per heavy atom. The Hall–Kier alpha value is -2.88. The number of nitrogens with two attached hydrogens (primary N) is 1. The second-order valence-corrected chi connectivity index (χ2v) is 6.22. The molecular weight excluding hydrogens is 404 g/mol. The summed E-state index contributed by atoms with van der Waals surface area (Å²) in [5, 5.41) is 9.55. The van der Waals surface area contributed by atoms with Crippen LogP contribution in [0.15, 0.2) is 36.4 Å². The molecule has 2 rings (SSSR count). The molecule has 0 aliphatic heterocycles. The van der Waals surface area contributed by atoms with Crippen molar-refractivity contribution >= 4 is 12.2 Å². The Labute approximate surface area is 160 Å². The van der Waals surface area contributed by atoms with Gasteiger partial charge in [0.2, 0.25) is 5.91 Å². The molecule has 3 N–H and O–H groups in total. The first-order valence-corrected chi connectivity index (χ1v) is 8.16. The van der Waals surface area contributed by atoms with Crippen molar-refractivity contribution in [2.75, 3.05) is 0 Å². The van der Waals surface area contributed by atoms with Gasteiger partial charge in [-0.25, -0.2) is 0 Å². The van der Waals surface area contributed by atoms with E-state index in [1.807, 2.05) is 0 Å². The van der Waals surface area contributed by atoms with Crippen LogP contribution in [0, 0.1) is 0 Å².